The lowest BCUT2D eigenvalue weighted by Gasteiger charge is -2.33. The monoisotopic (exact) mass is 374 g/mol. The molecule has 1 aliphatic heterocycles. The molecule has 7 heteroatoms. The molecule has 2 aromatic heterocycles. The van der Waals surface area contributed by atoms with Crippen LogP contribution in [-0.4, -0.2) is 41.4 Å². The van der Waals surface area contributed by atoms with Crippen LogP contribution in [0.4, 0.5) is 5.00 Å². The van der Waals surface area contributed by atoms with Gasteiger partial charge in [-0.1, -0.05) is 0 Å². The van der Waals surface area contributed by atoms with E-state index in [0.717, 1.165) is 44.1 Å². The molecular weight excluding hydrogens is 344 g/mol. The quantitative estimate of drug-likeness (QED) is 0.624. The number of aliphatic imine (C=N–C) groups is 1. The Morgan fingerprint density at radius 3 is 2.69 bits per heavy atom. The molecule has 3 rings (SSSR count). The van der Waals surface area contributed by atoms with E-state index in [2.05, 4.69) is 58.9 Å². The van der Waals surface area contributed by atoms with E-state index in [1.807, 2.05) is 23.1 Å². The van der Waals surface area contributed by atoms with Crippen molar-refractivity contribution in [3.05, 3.63) is 34.5 Å². The lowest BCUT2D eigenvalue weighted by Crippen LogP contribution is -2.48. The van der Waals surface area contributed by atoms with Crippen LogP contribution in [0.3, 0.4) is 0 Å². The number of anilines is 1. The molecule has 0 aromatic carbocycles. The first-order valence-corrected chi connectivity index (χ1v) is 10.3. The van der Waals surface area contributed by atoms with Crippen LogP contribution in [0, 0.1) is 13.8 Å². The summed E-state index contributed by atoms with van der Waals surface area (Å²) in [5.74, 6) is 0.907. The highest BCUT2D eigenvalue weighted by Crippen LogP contribution is 2.24. The van der Waals surface area contributed by atoms with Gasteiger partial charge in [-0.15, -0.1) is 11.3 Å². The Morgan fingerprint density at radius 1 is 1.35 bits per heavy atom. The van der Waals surface area contributed by atoms with Crippen LogP contribution in [-0.2, 0) is 13.6 Å². The number of aromatic nitrogens is 2. The van der Waals surface area contributed by atoms with Crippen molar-refractivity contribution < 1.29 is 0 Å². The average Bonchev–Trinajstić information content (AvgIpc) is 3.24. The fraction of sp³-hybridized carbons (Fsp3) is 0.579. The van der Waals surface area contributed by atoms with E-state index < -0.39 is 0 Å². The first-order valence-electron chi connectivity index (χ1n) is 9.40. The van der Waals surface area contributed by atoms with Crippen molar-refractivity contribution in [3.63, 3.8) is 0 Å². The Hall–Kier alpha value is -2.02. The lowest BCUT2D eigenvalue weighted by atomic mass is 10.1. The SMILES string of the molecule is CCNC(=NCc1c(C)nn(C)c1C)NC1CCN(c2cccs2)CC1. The summed E-state index contributed by atoms with van der Waals surface area (Å²) >= 11 is 1.82. The summed E-state index contributed by atoms with van der Waals surface area (Å²) < 4.78 is 1.93. The molecule has 2 N–H and O–H groups in total. The minimum atomic E-state index is 0.472. The topological polar surface area (TPSA) is 57.5 Å². The summed E-state index contributed by atoms with van der Waals surface area (Å²) in [7, 11) is 1.99. The summed E-state index contributed by atoms with van der Waals surface area (Å²) in [5.41, 5.74) is 3.47. The lowest BCUT2D eigenvalue weighted by molar-refractivity contribution is 0.463. The molecule has 1 fully saturated rings. The van der Waals surface area contributed by atoms with Crippen LogP contribution in [0.15, 0.2) is 22.5 Å². The number of aryl methyl sites for hydroxylation is 2. The van der Waals surface area contributed by atoms with Crippen molar-refractivity contribution in [2.75, 3.05) is 24.5 Å². The van der Waals surface area contributed by atoms with Gasteiger partial charge in [0.25, 0.3) is 0 Å². The molecule has 2 aromatic rings. The minimum Gasteiger partial charge on any atom is -0.363 e. The van der Waals surface area contributed by atoms with E-state index >= 15 is 0 Å². The first kappa shape index (κ1) is 18.8. The smallest absolute Gasteiger partial charge is 0.191 e. The van der Waals surface area contributed by atoms with E-state index in [4.69, 9.17) is 4.99 Å². The predicted molar refractivity (Wildman–Crippen MR) is 110 cm³/mol. The zero-order chi connectivity index (χ0) is 18.5. The molecule has 0 unspecified atom stereocenters. The van der Waals surface area contributed by atoms with E-state index in [-0.39, 0.29) is 0 Å². The van der Waals surface area contributed by atoms with Gasteiger partial charge in [0.05, 0.1) is 17.2 Å². The molecule has 0 spiro atoms. The summed E-state index contributed by atoms with van der Waals surface area (Å²) in [6.45, 7) is 9.98. The standard InChI is InChI=1S/C19H30N6S/c1-5-20-19(21-13-17-14(2)23-24(4)15(17)3)22-16-8-10-25(11-9-16)18-7-6-12-26-18/h6-7,12,16H,5,8-11,13H2,1-4H3,(H2,20,21,22). The van der Waals surface area contributed by atoms with E-state index in [1.165, 1.54) is 16.3 Å². The third kappa shape index (κ3) is 4.38. The van der Waals surface area contributed by atoms with Gasteiger partial charge in [0.15, 0.2) is 5.96 Å². The highest BCUT2D eigenvalue weighted by molar-refractivity contribution is 7.14. The molecule has 1 aliphatic rings. The Bertz CT molecular complexity index is 726. The maximum absolute atomic E-state index is 4.81. The Kier molecular flexibility index (Phi) is 6.19. The zero-order valence-electron chi connectivity index (χ0n) is 16.2. The molecule has 0 bridgehead atoms. The fourth-order valence-corrected chi connectivity index (χ4v) is 4.20. The van der Waals surface area contributed by atoms with Crippen LogP contribution in [0.25, 0.3) is 0 Å². The number of nitrogens with zero attached hydrogens (tertiary/aromatic N) is 4. The van der Waals surface area contributed by atoms with E-state index in [1.54, 1.807) is 0 Å². The number of piperidine rings is 1. The molecule has 0 atom stereocenters. The summed E-state index contributed by atoms with van der Waals surface area (Å²) in [6, 6.07) is 4.81. The molecule has 26 heavy (non-hydrogen) atoms. The molecule has 142 valence electrons. The summed E-state index contributed by atoms with van der Waals surface area (Å²) in [4.78, 5) is 7.29. The number of thiophene rings is 1. The van der Waals surface area contributed by atoms with Crippen molar-refractivity contribution in [3.8, 4) is 0 Å². The molecule has 0 amide bonds. The van der Waals surface area contributed by atoms with Gasteiger partial charge in [-0.3, -0.25) is 4.68 Å². The molecular formula is C19H30N6S. The number of guanidine groups is 1. The number of nitrogens with one attached hydrogen (secondary N) is 2. The first-order chi connectivity index (χ1) is 12.6. The molecule has 3 heterocycles. The second-order valence-corrected chi connectivity index (χ2v) is 7.75. The Balaban J connectivity index is 1.58. The maximum atomic E-state index is 4.81. The largest absolute Gasteiger partial charge is 0.363 e. The molecule has 0 radical (unpaired) electrons. The molecule has 0 saturated carbocycles. The molecule has 0 aliphatic carbocycles. The minimum absolute atomic E-state index is 0.472. The van der Waals surface area contributed by atoms with E-state index in [0.29, 0.717) is 12.6 Å². The number of rotatable bonds is 5. The van der Waals surface area contributed by atoms with Gasteiger partial charge in [-0.25, -0.2) is 4.99 Å². The van der Waals surface area contributed by atoms with Crippen LogP contribution in [0.1, 0.15) is 36.7 Å². The third-order valence-electron chi connectivity index (χ3n) is 5.05. The second-order valence-electron chi connectivity index (χ2n) is 6.83. The van der Waals surface area contributed by atoms with Crippen LogP contribution >= 0.6 is 11.3 Å². The van der Waals surface area contributed by atoms with Gasteiger partial charge in [0.2, 0.25) is 0 Å². The van der Waals surface area contributed by atoms with Crippen molar-refractivity contribution in [2.45, 2.75) is 46.2 Å². The Morgan fingerprint density at radius 2 is 2.12 bits per heavy atom. The van der Waals surface area contributed by atoms with Gasteiger partial charge < -0.3 is 15.5 Å². The van der Waals surface area contributed by atoms with Crippen molar-refractivity contribution in [2.24, 2.45) is 12.0 Å². The van der Waals surface area contributed by atoms with Gasteiger partial charge in [0, 0.05) is 44.0 Å². The summed E-state index contributed by atoms with van der Waals surface area (Å²) in [5, 5.41) is 15.0. The number of hydrogen-bond acceptors (Lipinski definition) is 4. The molecule has 6 nitrogen and oxygen atoms in total. The summed E-state index contributed by atoms with van der Waals surface area (Å²) in [6.07, 6.45) is 2.26. The fourth-order valence-electron chi connectivity index (χ4n) is 3.41. The van der Waals surface area contributed by atoms with Crippen LogP contribution in [0.2, 0.25) is 0 Å². The predicted octanol–water partition coefficient (Wildman–Crippen LogP) is 2.82. The normalized spacial score (nSPS) is 16.2. The zero-order valence-corrected chi connectivity index (χ0v) is 17.1. The average molecular weight is 375 g/mol. The number of hydrogen-bond donors (Lipinski definition) is 2. The third-order valence-corrected chi connectivity index (χ3v) is 5.98. The highest BCUT2D eigenvalue weighted by atomic mass is 32.1. The van der Waals surface area contributed by atoms with Gasteiger partial charge in [-0.2, -0.15) is 5.10 Å². The highest BCUT2D eigenvalue weighted by Gasteiger charge is 2.20. The van der Waals surface area contributed by atoms with Crippen molar-refractivity contribution in [1.29, 1.82) is 0 Å². The van der Waals surface area contributed by atoms with Crippen molar-refractivity contribution in [1.82, 2.24) is 20.4 Å². The Labute approximate surface area is 160 Å². The second kappa shape index (κ2) is 8.58. The van der Waals surface area contributed by atoms with Crippen molar-refractivity contribution >= 4 is 22.3 Å². The van der Waals surface area contributed by atoms with Gasteiger partial charge in [-0.05, 0) is 51.1 Å². The molecule has 1 saturated heterocycles. The van der Waals surface area contributed by atoms with Crippen LogP contribution in [0.5, 0.6) is 0 Å². The van der Waals surface area contributed by atoms with Gasteiger partial charge >= 0.3 is 0 Å². The van der Waals surface area contributed by atoms with Crippen LogP contribution < -0.4 is 15.5 Å². The van der Waals surface area contributed by atoms with E-state index in [9.17, 15) is 0 Å². The maximum Gasteiger partial charge on any atom is 0.191 e. The van der Waals surface area contributed by atoms with Gasteiger partial charge in [0.1, 0.15) is 0 Å².